The van der Waals surface area contributed by atoms with Crippen molar-refractivity contribution in [2.45, 2.75) is 24.9 Å². The second kappa shape index (κ2) is 5.34. The summed E-state index contributed by atoms with van der Waals surface area (Å²) in [6.45, 7) is 6.38. The van der Waals surface area contributed by atoms with Crippen molar-refractivity contribution >= 4 is 0 Å². The summed E-state index contributed by atoms with van der Waals surface area (Å²) in [7, 11) is 0. The van der Waals surface area contributed by atoms with Gasteiger partial charge in [0.2, 0.25) is 0 Å². The average molecular weight is 281 g/mol. The van der Waals surface area contributed by atoms with Crippen LogP contribution in [0.2, 0.25) is 0 Å². The third-order valence-corrected chi connectivity index (χ3v) is 4.16. The Hall–Kier alpha value is -2.13. The van der Waals surface area contributed by atoms with Gasteiger partial charge in [-0.1, -0.05) is 36.9 Å². The molecular formula is C18H19NO2. The molecule has 3 rings (SSSR count). The number of pyridine rings is 1. The predicted octanol–water partition coefficient (Wildman–Crippen LogP) is 3.33. The SMILES string of the molecule is C=C[C@@]1(O)c2ccccc2OCC[C@@H]1c1ccc(C)nc1. The first-order valence-electron chi connectivity index (χ1n) is 7.16. The molecule has 2 aromatic rings. The Labute approximate surface area is 124 Å². The number of aryl methyl sites for hydroxylation is 1. The zero-order chi connectivity index (χ0) is 14.9. The summed E-state index contributed by atoms with van der Waals surface area (Å²) >= 11 is 0. The molecule has 0 fully saturated rings. The summed E-state index contributed by atoms with van der Waals surface area (Å²) in [5, 5.41) is 11.3. The zero-order valence-electron chi connectivity index (χ0n) is 12.1. The number of ether oxygens (including phenoxy) is 1. The van der Waals surface area contributed by atoms with Gasteiger partial charge >= 0.3 is 0 Å². The van der Waals surface area contributed by atoms with Crippen molar-refractivity contribution in [2.24, 2.45) is 0 Å². The molecule has 0 saturated heterocycles. The molecule has 0 bridgehead atoms. The van der Waals surface area contributed by atoms with Gasteiger partial charge in [-0.3, -0.25) is 4.98 Å². The molecule has 0 unspecified atom stereocenters. The Morgan fingerprint density at radius 2 is 2.14 bits per heavy atom. The van der Waals surface area contributed by atoms with Crippen LogP contribution in [0, 0.1) is 6.92 Å². The van der Waals surface area contributed by atoms with Crippen LogP contribution in [-0.4, -0.2) is 16.7 Å². The van der Waals surface area contributed by atoms with Gasteiger partial charge in [0.25, 0.3) is 0 Å². The van der Waals surface area contributed by atoms with E-state index in [9.17, 15) is 5.11 Å². The molecule has 108 valence electrons. The van der Waals surface area contributed by atoms with Crippen molar-refractivity contribution in [3.8, 4) is 5.75 Å². The lowest BCUT2D eigenvalue weighted by Gasteiger charge is -2.32. The maximum atomic E-state index is 11.3. The first kappa shape index (κ1) is 13.8. The molecule has 2 atom stereocenters. The fourth-order valence-corrected chi connectivity index (χ4v) is 2.98. The average Bonchev–Trinajstić information content (AvgIpc) is 2.66. The molecule has 3 heteroatoms. The van der Waals surface area contributed by atoms with Gasteiger partial charge in [0.15, 0.2) is 0 Å². The summed E-state index contributed by atoms with van der Waals surface area (Å²) < 4.78 is 5.79. The molecule has 0 radical (unpaired) electrons. The van der Waals surface area contributed by atoms with Crippen LogP contribution in [0.5, 0.6) is 5.75 Å². The van der Waals surface area contributed by atoms with Crippen LogP contribution < -0.4 is 4.74 Å². The largest absolute Gasteiger partial charge is 0.493 e. The minimum atomic E-state index is -1.15. The molecule has 0 saturated carbocycles. The third kappa shape index (κ3) is 2.34. The highest BCUT2D eigenvalue weighted by atomic mass is 16.5. The van der Waals surface area contributed by atoms with Crippen LogP contribution in [0.4, 0.5) is 0 Å². The number of aliphatic hydroxyl groups is 1. The van der Waals surface area contributed by atoms with Crippen LogP contribution in [0.3, 0.4) is 0 Å². The maximum Gasteiger partial charge on any atom is 0.125 e. The zero-order valence-corrected chi connectivity index (χ0v) is 12.1. The van der Waals surface area contributed by atoms with E-state index in [0.29, 0.717) is 13.0 Å². The number of para-hydroxylation sites is 1. The van der Waals surface area contributed by atoms with E-state index in [4.69, 9.17) is 4.74 Å². The van der Waals surface area contributed by atoms with Crippen LogP contribution >= 0.6 is 0 Å². The normalized spacial score (nSPS) is 24.6. The van der Waals surface area contributed by atoms with E-state index >= 15 is 0 Å². The summed E-state index contributed by atoms with van der Waals surface area (Å²) in [6.07, 6.45) is 4.16. The van der Waals surface area contributed by atoms with E-state index in [1.807, 2.05) is 49.5 Å². The molecule has 21 heavy (non-hydrogen) atoms. The monoisotopic (exact) mass is 281 g/mol. The van der Waals surface area contributed by atoms with E-state index in [0.717, 1.165) is 22.6 Å². The van der Waals surface area contributed by atoms with Gasteiger partial charge in [-0.05, 0) is 31.0 Å². The lowest BCUT2D eigenvalue weighted by molar-refractivity contribution is 0.0573. The number of fused-ring (bicyclic) bond motifs is 1. The summed E-state index contributed by atoms with van der Waals surface area (Å²) in [6, 6.07) is 11.6. The Morgan fingerprint density at radius 3 is 2.86 bits per heavy atom. The van der Waals surface area contributed by atoms with Gasteiger partial charge in [0, 0.05) is 23.4 Å². The summed E-state index contributed by atoms with van der Waals surface area (Å²) in [5.41, 5.74) is 1.59. The number of benzene rings is 1. The number of hydrogen-bond acceptors (Lipinski definition) is 3. The first-order chi connectivity index (χ1) is 10.1. The molecule has 1 N–H and O–H groups in total. The molecule has 1 aromatic heterocycles. The molecule has 0 aliphatic carbocycles. The highest BCUT2D eigenvalue weighted by Crippen LogP contribution is 2.45. The molecule has 3 nitrogen and oxygen atoms in total. The fraction of sp³-hybridized carbons (Fsp3) is 0.278. The number of nitrogens with zero attached hydrogens (tertiary/aromatic N) is 1. The van der Waals surface area contributed by atoms with Gasteiger partial charge in [-0.25, -0.2) is 0 Å². The Kier molecular flexibility index (Phi) is 3.52. The van der Waals surface area contributed by atoms with E-state index in [-0.39, 0.29) is 5.92 Å². The highest BCUT2D eigenvalue weighted by Gasteiger charge is 2.40. The third-order valence-electron chi connectivity index (χ3n) is 4.16. The van der Waals surface area contributed by atoms with Crippen molar-refractivity contribution in [1.82, 2.24) is 4.98 Å². The Morgan fingerprint density at radius 1 is 1.33 bits per heavy atom. The second-order valence-corrected chi connectivity index (χ2v) is 5.45. The molecule has 2 heterocycles. The Bertz CT molecular complexity index is 651. The fourth-order valence-electron chi connectivity index (χ4n) is 2.98. The molecule has 0 spiro atoms. The van der Waals surface area contributed by atoms with E-state index in [2.05, 4.69) is 11.6 Å². The standard InChI is InChI=1S/C18H19NO2/c1-3-18(20)15(14-9-8-13(2)19-12-14)10-11-21-17-7-5-4-6-16(17)18/h3-9,12,15,20H,1,10-11H2,2H3/t15-,18+/m1/s1. The van der Waals surface area contributed by atoms with Crippen LogP contribution in [0.1, 0.15) is 29.2 Å². The van der Waals surface area contributed by atoms with Crippen molar-refractivity contribution in [3.63, 3.8) is 0 Å². The van der Waals surface area contributed by atoms with Gasteiger partial charge < -0.3 is 9.84 Å². The Balaban J connectivity index is 2.12. The number of rotatable bonds is 2. The highest BCUT2D eigenvalue weighted by molar-refractivity contribution is 5.44. The predicted molar refractivity (Wildman–Crippen MR) is 82.4 cm³/mol. The molecular weight excluding hydrogens is 262 g/mol. The lowest BCUT2D eigenvalue weighted by atomic mass is 9.76. The van der Waals surface area contributed by atoms with E-state index < -0.39 is 5.60 Å². The quantitative estimate of drug-likeness (QED) is 0.859. The topological polar surface area (TPSA) is 42.4 Å². The lowest BCUT2D eigenvalue weighted by Crippen LogP contribution is -2.31. The van der Waals surface area contributed by atoms with Crippen LogP contribution in [0.15, 0.2) is 55.3 Å². The molecule has 1 aliphatic heterocycles. The number of aromatic nitrogens is 1. The van der Waals surface area contributed by atoms with Crippen molar-refractivity contribution in [3.05, 3.63) is 72.1 Å². The van der Waals surface area contributed by atoms with Gasteiger partial charge in [0.05, 0.1) is 6.61 Å². The van der Waals surface area contributed by atoms with Crippen molar-refractivity contribution in [2.75, 3.05) is 6.61 Å². The second-order valence-electron chi connectivity index (χ2n) is 5.45. The maximum absolute atomic E-state index is 11.3. The first-order valence-corrected chi connectivity index (χ1v) is 7.16. The van der Waals surface area contributed by atoms with Crippen LogP contribution in [0.25, 0.3) is 0 Å². The van der Waals surface area contributed by atoms with Gasteiger partial charge in [-0.2, -0.15) is 0 Å². The molecule has 0 amide bonds. The minimum Gasteiger partial charge on any atom is -0.493 e. The van der Waals surface area contributed by atoms with Crippen molar-refractivity contribution < 1.29 is 9.84 Å². The van der Waals surface area contributed by atoms with Gasteiger partial charge in [-0.15, -0.1) is 0 Å². The van der Waals surface area contributed by atoms with E-state index in [1.165, 1.54) is 0 Å². The van der Waals surface area contributed by atoms with Crippen LogP contribution in [-0.2, 0) is 5.60 Å². The van der Waals surface area contributed by atoms with Crippen molar-refractivity contribution in [1.29, 1.82) is 0 Å². The molecule has 1 aromatic carbocycles. The summed E-state index contributed by atoms with van der Waals surface area (Å²) in [4.78, 5) is 4.35. The molecule has 1 aliphatic rings. The smallest absolute Gasteiger partial charge is 0.125 e. The number of hydrogen-bond donors (Lipinski definition) is 1. The van der Waals surface area contributed by atoms with E-state index in [1.54, 1.807) is 6.08 Å². The van der Waals surface area contributed by atoms with Gasteiger partial charge in [0.1, 0.15) is 11.4 Å². The minimum absolute atomic E-state index is 0.119. The summed E-state index contributed by atoms with van der Waals surface area (Å²) in [5.74, 6) is 0.606.